The largest absolute Gasteiger partial charge is 0.485 e. The number of nitrogens with zero attached hydrogens (tertiary/aromatic N) is 1. The maximum Gasteiger partial charge on any atom is 0.433 e. The van der Waals surface area contributed by atoms with Crippen molar-refractivity contribution in [3.05, 3.63) is 58.6 Å². The number of benzene rings is 2. The second-order valence-corrected chi connectivity index (χ2v) is 7.18. The highest BCUT2D eigenvalue weighted by atomic mass is 35.5. The number of carbonyl (C=O) groups is 1. The molecule has 0 bridgehead atoms. The second kappa shape index (κ2) is 8.36. The molecule has 1 unspecified atom stereocenters. The minimum Gasteiger partial charge on any atom is -0.485 e. The molecule has 0 fully saturated rings. The number of hydrogen-bond acceptors (Lipinski definition) is 6. The van der Waals surface area contributed by atoms with Gasteiger partial charge in [-0.15, -0.1) is 0 Å². The standard InChI is InChI=1S/C15H12Cl2NO6P/c16-10-4-6-12(7-5-10)24-25(21,22)15(18-20)14(19)9-23-13-3-1-2-11(17)8-13/h1-8,20H,9H2,(H,21,22). The molecule has 0 aliphatic carbocycles. The maximum atomic E-state index is 12.2. The Morgan fingerprint density at radius 3 is 2.36 bits per heavy atom. The van der Waals surface area contributed by atoms with Crippen molar-refractivity contribution < 1.29 is 28.7 Å². The summed E-state index contributed by atoms with van der Waals surface area (Å²) in [5.74, 6) is -0.785. The van der Waals surface area contributed by atoms with Crippen LogP contribution in [-0.2, 0) is 9.36 Å². The van der Waals surface area contributed by atoms with Gasteiger partial charge in [-0.05, 0) is 42.5 Å². The summed E-state index contributed by atoms with van der Waals surface area (Å²) < 4.78 is 22.2. The smallest absolute Gasteiger partial charge is 0.433 e. The number of halogens is 2. The molecule has 7 nitrogen and oxygen atoms in total. The lowest BCUT2D eigenvalue weighted by atomic mass is 10.3. The quantitative estimate of drug-likeness (QED) is 0.313. The van der Waals surface area contributed by atoms with Gasteiger partial charge in [-0.1, -0.05) is 34.4 Å². The molecule has 0 saturated carbocycles. The van der Waals surface area contributed by atoms with Gasteiger partial charge in [0.2, 0.25) is 11.2 Å². The van der Waals surface area contributed by atoms with E-state index in [1.54, 1.807) is 12.1 Å². The summed E-state index contributed by atoms with van der Waals surface area (Å²) >= 11 is 11.5. The highest BCUT2D eigenvalue weighted by molar-refractivity contribution is 7.74. The van der Waals surface area contributed by atoms with E-state index in [2.05, 4.69) is 5.16 Å². The fourth-order valence-electron chi connectivity index (χ4n) is 1.72. The van der Waals surface area contributed by atoms with Crippen molar-refractivity contribution in [2.75, 3.05) is 6.61 Å². The topological polar surface area (TPSA) is 105 Å². The van der Waals surface area contributed by atoms with Crippen LogP contribution in [0.5, 0.6) is 11.5 Å². The highest BCUT2D eigenvalue weighted by Crippen LogP contribution is 2.44. The third kappa shape index (κ3) is 5.47. The summed E-state index contributed by atoms with van der Waals surface area (Å²) in [5.41, 5.74) is -1.05. The van der Waals surface area contributed by atoms with Crippen molar-refractivity contribution in [1.82, 2.24) is 0 Å². The monoisotopic (exact) mass is 403 g/mol. The highest BCUT2D eigenvalue weighted by Gasteiger charge is 2.36. The van der Waals surface area contributed by atoms with E-state index in [1.165, 1.54) is 36.4 Å². The van der Waals surface area contributed by atoms with Crippen molar-refractivity contribution in [2.24, 2.45) is 5.16 Å². The van der Waals surface area contributed by atoms with Gasteiger partial charge in [0.25, 0.3) is 0 Å². The van der Waals surface area contributed by atoms with Gasteiger partial charge in [0, 0.05) is 10.0 Å². The van der Waals surface area contributed by atoms with Crippen LogP contribution >= 0.6 is 30.8 Å². The molecule has 2 aromatic carbocycles. The van der Waals surface area contributed by atoms with Crippen LogP contribution in [-0.4, -0.2) is 27.9 Å². The van der Waals surface area contributed by atoms with Gasteiger partial charge >= 0.3 is 7.60 Å². The lowest BCUT2D eigenvalue weighted by molar-refractivity contribution is -0.114. The van der Waals surface area contributed by atoms with E-state index in [0.717, 1.165) is 0 Å². The van der Waals surface area contributed by atoms with Gasteiger partial charge in [0.1, 0.15) is 11.5 Å². The summed E-state index contributed by atoms with van der Waals surface area (Å²) in [4.78, 5) is 22.0. The van der Waals surface area contributed by atoms with Crippen LogP contribution in [0.2, 0.25) is 10.0 Å². The molecule has 0 spiro atoms. The molecule has 0 amide bonds. The molecule has 0 aliphatic heterocycles. The SMILES string of the molecule is O=C(COc1cccc(Cl)c1)C(=NO)P(=O)(O)Oc1ccc(Cl)cc1. The second-order valence-electron chi connectivity index (χ2n) is 4.66. The van der Waals surface area contributed by atoms with Crippen molar-refractivity contribution >= 4 is 42.0 Å². The summed E-state index contributed by atoms with van der Waals surface area (Å²) in [6.45, 7) is -0.645. The molecule has 1 atom stereocenters. The van der Waals surface area contributed by atoms with Gasteiger partial charge in [0.05, 0.1) is 0 Å². The first kappa shape index (κ1) is 19.3. The van der Waals surface area contributed by atoms with Crippen molar-refractivity contribution in [3.63, 3.8) is 0 Å². The van der Waals surface area contributed by atoms with Crippen molar-refractivity contribution in [3.8, 4) is 11.5 Å². The first-order valence-corrected chi connectivity index (χ1v) is 9.07. The molecular weight excluding hydrogens is 392 g/mol. The summed E-state index contributed by atoms with van der Waals surface area (Å²) in [7, 11) is -4.73. The number of ketones is 1. The Hall–Kier alpha value is -2.05. The first-order chi connectivity index (χ1) is 11.8. The third-order valence-corrected chi connectivity index (χ3v) is 4.64. The van der Waals surface area contributed by atoms with E-state index in [9.17, 15) is 14.3 Å². The minimum absolute atomic E-state index is 0.0278. The van der Waals surface area contributed by atoms with E-state index < -0.39 is 25.4 Å². The molecule has 0 radical (unpaired) electrons. The van der Waals surface area contributed by atoms with E-state index in [-0.39, 0.29) is 11.5 Å². The van der Waals surface area contributed by atoms with Crippen LogP contribution in [0, 0.1) is 0 Å². The Balaban J connectivity index is 2.07. The lowest BCUT2D eigenvalue weighted by Gasteiger charge is -2.14. The van der Waals surface area contributed by atoms with E-state index in [4.69, 9.17) is 37.7 Å². The average molecular weight is 404 g/mol. The van der Waals surface area contributed by atoms with E-state index >= 15 is 0 Å². The molecular formula is C15H12Cl2NO6P. The van der Waals surface area contributed by atoms with Crippen LogP contribution < -0.4 is 9.26 Å². The fraction of sp³-hybridized carbons (Fsp3) is 0.0667. The predicted octanol–water partition coefficient (Wildman–Crippen LogP) is 3.99. The molecule has 0 aliphatic rings. The molecule has 10 heteroatoms. The predicted molar refractivity (Wildman–Crippen MR) is 93.1 cm³/mol. The molecule has 0 heterocycles. The van der Waals surface area contributed by atoms with E-state index in [1.807, 2.05) is 0 Å². The number of carbonyl (C=O) groups excluding carboxylic acids is 1. The van der Waals surface area contributed by atoms with Crippen LogP contribution in [0.1, 0.15) is 0 Å². The molecule has 0 aromatic heterocycles. The Kier molecular flexibility index (Phi) is 6.45. The molecule has 2 aromatic rings. The zero-order chi connectivity index (χ0) is 18.4. The molecule has 2 N–H and O–H groups in total. The summed E-state index contributed by atoms with van der Waals surface area (Å²) in [6.07, 6.45) is 0. The molecule has 0 saturated heterocycles. The maximum absolute atomic E-state index is 12.2. The zero-order valence-electron chi connectivity index (χ0n) is 12.5. The lowest BCUT2D eigenvalue weighted by Crippen LogP contribution is -2.23. The van der Waals surface area contributed by atoms with Crippen molar-refractivity contribution in [2.45, 2.75) is 0 Å². The van der Waals surface area contributed by atoms with Crippen LogP contribution in [0.4, 0.5) is 0 Å². The number of ether oxygens (including phenoxy) is 1. The van der Waals surface area contributed by atoms with Gasteiger partial charge in [-0.3, -0.25) is 4.79 Å². The summed E-state index contributed by atoms with van der Waals surface area (Å²) in [6, 6.07) is 11.7. The molecule has 2 rings (SSSR count). The van der Waals surface area contributed by atoms with Crippen LogP contribution in [0.25, 0.3) is 0 Å². The first-order valence-electron chi connectivity index (χ1n) is 6.74. The van der Waals surface area contributed by atoms with Crippen LogP contribution in [0.15, 0.2) is 53.7 Å². The Bertz CT molecular complexity index is 840. The Morgan fingerprint density at radius 1 is 1.08 bits per heavy atom. The van der Waals surface area contributed by atoms with Crippen molar-refractivity contribution in [1.29, 1.82) is 0 Å². The van der Waals surface area contributed by atoms with Gasteiger partial charge in [0.15, 0.2) is 6.61 Å². The average Bonchev–Trinajstić information content (AvgIpc) is 2.55. The Morgan fingerprint density at radius 2 is 1.76 bits per heavy atom. The molecule has 132 valence electrons. The van der Waals surface area contributed by atoms with Crippen LogP contribution in [0.3, 0.4) is 0 Å². The normalized spacial score (nSPS) is 13.8. The minimum atomic E-state index is -4.73. The third-order valence-electron chi connectivity index (χ3n) is 2.82. The number of oxime groups is 1. The fourth-order valence-corrected chi connectivity index (χ4v) is 3.01. The number of Topliss-reactive ketones (excluding diaryl/α,β-unsaturated/α-hetero) is 1. The summed E-state index contributed by atoms with van der Waals surface area (Å²) in [5, 5.41) is 12.3. The number of rotatable bonds is 7. The van der Waals surface area contributed by atoms with E-state index in [0.29, 0.717) is 10.0 Å². The zero-order valence-corrected chi connectivity index (χ0v) is 14.9. The van der Waals surface area contributed by atoms with Gasteiger partial charge in [-0.2, -0.15) is 0 Å². The van der Waals surface area contributed by atoms with Gasteiger partial charge < -0.3 is 19.4 Å². The van der Waals surface area contributed by atoms with Gasteiger partial charge in [-0.25, -0.2) is 4.57 Å². The number of hydrogen-bond donors (Lipinski definition) is 2. The Labute approximate surface area is 152 Å². The molecule has 25 heavy (non-hydrogen) atoms.